The number of nitrogen functional groups attached to an aromatic ring is 1. The fourth-order valence-electron chi connectivity index (χ4n) is 2.07. The minimum atomic E-state index is 0.679. The third-order valence-corrected chi connectivity index (χ3v) is 3.30. The fourth-order valence-corrected chi connectivity index (χ4v) is 2.33. The maximum Gasteiger partial charge on any atom is 0.182 e. The lowest BCUT2D eigenvalue weighted by Gasteiger charge is -2.08. The van der Waals surface area contributed by atoms with Crippen LogP contribution in [-0.4, -0.2) is 9.55 Å². The van der Waals surface area contributed by atoms with Gasteiger partial charge in [-0.25, -0.2) is 0 Å². The highest BCUT2D eigenvalue weighted by atomic mass is 32.1. The summed E-state index contributed by atoms with van der Waals surface area (Å²) in [5.41, 5.74) is 9.62. The first-order chi connectivity index (χ1) is 9.25. The van der Waals surface area contributed by atoms with Gasteiger partial charge in [0.1, 0.15) is 0 Å². The van der Waals surface area contributed by atoms with Crippen molar-refractivity contribution in [3.05, 3.63) is 65.6 Å². The smallest absolute Gasteiger partial charge is 0.182 e. The Labute approximate surface area is 116 Å². The number of anilines is 1. The summed E-state index contributed by atoms with van der Waals surface area (Å²) in [5, 5.41) is 0. The summed E-state index contributed by atoms with van der Waals surface area (Å²) in [7, 11) is 0. The zero-order valence-corrected chi connectivity index (χ0v) is 11.0. The molecule has 0 aliphatic heterocycles. The van der Waals surface area contributed by atoms with E-state index in [1.54, 1.807) is 0 Å². The predicted molar refractivity (Wildman–Crippen MR) is 80.8 cm³/mol. The highest BCUT2D eigenvalue weighted by Crippen LogP contribution is 2.24. The molecule has 0 spiro atoms. The quantitative estimate of drug-likeness (QED) is 0.548. The molecule has 94 valence electrons. The van der Waals surface area contributed by atoms with E-state index >= 15 is 0 Å². The number of rotatable bonds is 2. The van der Waals surface area contributed by atoms with Gasteiger partial charge in [0.15, 0.2) is 4.77 Å². The van der Waals surface area contributed by atoms with Gasteiger partial charge in [-0.15, -0.1) is 0 Å². The van der Waals surface area contributed by atoms with Crippen LogP contribution in [0.15, 0.2) is 60.8 Å². The van der Waals surface area contributed by atoms with Crippen LogP contribution in [0.25, 0.3) is 16.9 Å². The van der Waals surface area contributed by atoms with E-state index in [4.69, 9.17) is 18.0 Å². The van der Waals surface area contributed by atoms with Crippen molar-refractivity contribution >= 4 is 17.9 Å². The average Bonchev–Trinajstić information content (AvgIpc) is 2.82. The zero-order valence-electron chi connectivity index (χ0n) is 10.2. The number of para-hydroxylation sites is 1. The number of aromatic amines is 1. The summed E-state index contributed by atoms with van der Waals surface area (Å²) in [6.45, 7) is 0. The molecular formula is C15H13N3S. The molecule has 0 aliphatic rings. The Balaban J connectivity index is 2.19. The number of hydrogen-bond acceptors (Lipinski definition) is 2. The van der Waals surface area contributed by atoms with Crippen LogP contribution >= 0.6 is 12.2 Å². The first-order valence-corrected chi connectivity index (χ1v) is 6.38. The Morgan fingerprint density at radius 2 is 1.63 bits per heavy atom. The monoisotopic (exact) mass is 267 g/mol. The number of nitrogens with one attached hydrogen (secondary N) is 1. The molecule has 0 amide bonds. The van der Waals surface area contributed by atoms with Crippen molar-refractivity contribution in [3.8, 4) is 16.9 Å². The summed E-state index contributed by atoms with van der Waals surface area (Å²) in [4.78, 5) is 3.10. The van der Waals surface area contributed by atoms with Crippen molar-refractivity contribution in [2.45, 2.75) is 0 Å². The van der Waals surface area contributed by atoms with Gasteiger partial charge in [0.2, 0.25) is 0 Å². The van der Waals surface area contributed by atoms with Crippen molar-refractivity contribution < 1.29 is 0 Å². The number of aromatic nitrogens is 2. The molecule has 1 aromatic heterocycles. The molecule has 2 aromatic carbocycles. The largest absolute Gasteiger partial charge is 0.399 e. The molecule has 3 aromatic rings. The van der Waals surface area contributed by atoms with Gasteiger partial charge in [-0.3, -0.25) is 4.57 Å². The lowest BCUT2D eigenvalue weighted by Crippen LogP contribution is -1.96. The van der Waals surface area contributed by atoms with Crippen LogP contribution in [0.1, 0.15) is 0 Å². The minimum absolute atomic E-state index is 0.679. The van der Waals surface area contributed by atoms with Crippen LogP contribution in [0, 0.1) is 4.77 Å². The fraction of sp³-hybridized carbons (Fsp3) is 0. The Kier molecular flexibility index (Phi) is 2.93. The molecule has 0 bridgehead atoms. The van der Waals surface area contributed by atoms with E-state index in [0.717, 1.165) is 22.6 Å². The highest BCUT2D eigenvalue weighted by molar-refractivity contribution is 7.71. The highest BCUT2D eigenvalue weighted by Gasteiger charge is 2.08. The van der Waals surface area contributed by atoms with Crippen LogP contribution in [0.3, 0.4) is 0 Å². The molecule has 0 unspecified atom stereocenters. The molecule has 3 N–H and O–H groups in total. The number of benzene rings is 2. The van der Waals surface area contributed by atoms with Gasteiger partial charge < -0.3 is 10.7 Å². The molecule has 0 saturated heterocycles. The molecule has 0 saturated carbocycles. The summed E-state index contributed by atoms with van der Waals surface area (Å²) in [6, 6.07) is 17.8. The second kappa shape index (κ2) is 4.74. The second-order valence-electron chi connectivity index (χ2n) is 4.27. The molecule has 19 heavy (non-hydrogen) atoms. The van der Waals surface area contributed by atoms with Gasteiger partial charge >= 0.3 is 0 Å². The Hall–Kier alpha value is -2.33. The first-order valence-electron chi connectivity index (χ1n) is 5.97. The molecule has 1 heterocycles. The van der Waals surface area contributed by atoms with E-state index in [0.29, 0.717) is 4.77 Å². The van der Waals surface area contributed by atoms with Gasteiger partial charge in [0, 0.05) is 23.1 Å². The number of H-pyrrole nitrogens is 1. The Morgan fingerprint density at radius 3 is 2.32 bits per heavy atom. The molecule has 3 nitrogen and oxygen atoms in total. The number of hydrogen-bond donors (Lipinski definition) is 2. The summed E-state index contributed by atoms with van der Waals surface area (Å²) in [6.07, 6.45) is 1.92. The minimum Gasteiger partial charge on any atom is -0.399 e. The molecule has 0 atom stereocenters. The van der Waals surface area contributed by atoms with Gasteiger partial charge in [-0.05, 0) is 36.5 Å². The Bertz CT molecular complexity index is 739. The van der Waals surface area contributed by atoms with Gasteiger partial charge in [0.05, 0.1) is 5.69 Å². The third kappa shape index (κ3) is 2.18. The average molecular weight is 267 g/mol. The van der Waals surface area contributed by atoms with Crippen LogP contribution in [0.2, 0.25) is 0 Å². The number of nitrogens with two attached hydrogens (primary N) is 1. The number of nitrogens with zero attached hydrogens (tertiary/aromatic N) is 1. The van der Waals surface area contributed by atoms with E-state index in [-0.39, 0.29) is 0 Å². The SMILES string of the molecule is Nc1ccc(-c2c[nH]c(=S)n2-c2ccccc2)cc1. The maximum atomic E-state index is 5.72. The molecule has 0 aliphatic carbocycles. The molecular weight excluding hydrogens is 254 g/mol. The lowest BCUT2D eigenvalue weighted by atomic mass is 10.1. The van der Waals surface area contributed by atoms with E-state index < -0.39 is 0 Å². The first kappa shape index (κ1) is 11.7. The van der Waals surface area contributed by atoms with Crippen molar-refractivity contribution in [2.24, 2.45) is 0 Å². The lowest BCUT2D eigenvalue weighted by molar-refractivity contribution is 1.04. The van der Waals surface area contributed by atoms with E-state index in [2.05, 4.69) is 4.98 Å². The van der Waals surface area contributed by atoms with Crippen molar-refractivity contribution in [3.63, 3.8) is 0 Å². The molecule has 3 rings (SSSR count). The number of imidazole rings is 1. The molecule has 4 heteroatoms. The molecule has 0 fully saturated rings. The van der Waals surface area contributed by atoms with Crippen LogP contribution < -0.4 is 5.73 Å². The van der Waals surface area contributed by atoms with Crippen LogP contribution in [0.4, 0.5) is 5.69 Å². The second-order valence-corrected chi connectivity index (χ2v) is 4.66. The maximum absolute atomic E-state index is 5.72. The van der Waals surface area contributed by atoms with Crippen LogP contribution in [0.5, 0.6) is 0 Å². The predicted octanol–water partition coefficient (Wildman–Crippen LogP) is 3.78. The normalized spacial score (nSPS) is 10.5. The standard InChI is InChI=1S/C15H13N3S/c16-12-8-6-11(7-9-12)14-10-17-15(19)18(14)13-4-2-1-3-5-13/h1-10H,16H2,(H,17,19). The van der Waals surface area contributed by atoms with Crippen molar-refractivity contribution in [1.29, 1.82) is 0 Å². The summed E-state index contributed by atoms with van der Waals surface area (Å²) in [5.74, 6) is 0. The summed E-state index contributed by atoms with van der Waals surface area (Å²) >= 11 is 5.36. The van der Waals surface area contributed by atoms with Gasteiger partial charge in [0.25, 0.3) is 0 Å². The Morgan fingerprint density at radius 1 is 0.947 bits per heavy atom. The third-order valence-electron chi connectivity index (χ3n) is 3.00. The molecule has 0 radical (unpaired) electrons. The van der Waals surface area contributed by atoms with Crippen molar-refractivity contribution in [1.82, 2.24) is 9.55 Å². The van der Waals surface area contributed by atoms with E-state index in [9.17, 15) is 0 Å². The topological polar surface area (TPSA) is 46.7 Å². The van der Waals surface area contributed by atoms with Crippen LogP contribution in [-0.2, 0) is 0 Å². The van der Waals surface area contributed by atoms with Gasteiger partial charge in [-0.2, -0.15) is 0 Å². The van der Waals surface area contributed by atoms with Gasteiger partial charge in [-0.1, -0.05) is 30.3 Å². The van der Waals surface area contributed by atoms with Crippen molar-refractivity contribution in [2.75, 3.05) is 5.73 Å². The van der Waals surface area contributed by atoms with E-state index in [1.165, 1.54) is 0 Å². The zero-order chi connectivity index (χ0) is 13.2. The van der Waals surface area contributed by atoms with E-state index in [1.807, 2.05) is 65.4 Å². The summed E-state index contributed by atoms with van der Waals surface area (Å²) < 4.78 is 2.69.